The van der Waals surface area contributed by atoms with Crippen LogP contribution in [0, 0.1) is 12.3 Å². The second kappa shape index (κ2) is 6.22. The summed E-state index contributed by atoms with van der Waals surface area (Å²) in [5.41, 5.74) is 0. The minimum absolute atomic E-state index is 0.204. The molecule has 0 aliphatic carbocycles. The monoisotopic (exact) mass is 191 g/mol. The summed E-state index contributed by atoms with van der Waals surface area (Å²) < 4.78 is 1.90. The molecule has 0 bridgehead atoms. The molecule has 1 aromatic heterocycles. The molecule has 0 spiro atoms. The molecule has 0 saturated heterocycles. The molecule has 0 radical (unpaired) electrons. The number of aromatic nitrogens is 2. The lowest BCUT2D eigenvalue weighted by atomic mass is 10.2. The lowest BCUT2D eigenvalue weighted by Crippen LogP contribution is -2.30. The van der Waals surface area contributed by atoms with Crippen molar-refractivity contribution in [2.24, 2.45) is 0 Å². The molecule has 3 heteroatoms. The van der Waals surface area contributed by atoms with Crippen molar-refractivity contribution < 1.29 is 0 Å². The standard InChI is InChI=1S/C11H17N3/c1-3-6-11(4-2)12-8-10-14-9-5-7-13-14/h2,5,7,9,11-12H,3,6,8,10H2,1H3. The fourth-order valence-electron chi connectivity index (χ4n) is 1.32. The Morgan fingerprint density at radius 1 is 1.64 bits per heavy atom. The normalized spacial score (nSPS) is 12.3. The summed E-state index contributed by atoms with van der Waals surface area (Å²) in [5, 5.41) is 7.42. The van der Waals surface area contributed by atoms with Crippen molar-refractivity contribution in [2.45, 2.75) is 32.4 Å². The Balaban J connectivity index is 2.17. The molecule has 0 saturated carbocycles. The van der Waals surface area contributed by atoms with E-state index in [0.717, 1.165) is 25.9 Å². The van der Waals surface area contributed by atoms with Gasteiger partial charge in [-0.15, -0.1) is 6.42 Å². The molecule has 1 unspecified atom stereocenters. The summed E-state index contributed by atoms with van der Waals surface area (Å²) in [6.07, 6.45) is 11.3. The van der Waals surface area contributed by atoms with Crippen LogP contribution in [0.5, 0.6) is 0 Å². The first-order valence-electron chi connectivity index (χ1n) is 5.03. The van der Waals surface area contributed by atoms with Gasteiger partial charge in [-0.25, -0.2) is 0 Å². The number of terminal acetylenes is 1. The average Bonchev–Trinajstić information content (AvgIpc) is 2.69. The summed E-state index contributed by atoms with van der Waals surface area (Å²) >= 11 is 0. The number of nitrogens with one attached hydrogen (secondary N) is 1. The van der Waals surface area contributed by atoms with E-state index in [0.29, 0.717) is 0 Å². The second-order valence-electron chi connectivity index (χ2n) is 3.23. The quantitative estimate of drug-likeness (QED) is 0.686. The van der Waals surface area contributed by atoms with Crippen molar-refractivity contribution in [1.29, 1.82) is 0 Å². The van der Waals surface area contributed by atoms with Crippen LogP contribution in [0.3, 0.4) is 0 Å². The highest BCUT2D eigenvalue weighted by Gasteiger charge is 2.01. The van der Waals surface area contributed by atoms with Gasteiger partial charge >= 0.3 is 0 Å². The van der Waals surface area contributed by atoms with Crippen molar-refractivity contribution in [2.75, 3.05) is 6.54 Å². The van der Waals surface area contributed by atoms with Crippen LogP contribution in [0.4, 0.5) is 0 Å². The van der Waals surface area contributed by atoms with Crippen LogP contribution in [0.15, 0.2) is 18.5 Å². The van der Waals surface area contributed by atoms with Gasteiger partial charge in [0.05, 0.1) is 12.6 Å². The predicted molar refractivity (Wildman–Crippen MR) is 57.8 cm³/mol. The van der Waals surface area contributed by atoms with E-state index in [2.05, 4.69) is 23.3 Å². The molecule has 3 nitrogen and oxygen atoms in total. The molecule has 14 heavy (non-hydrogen) atoms. The lowest BCUT2D eigenvalue weighted by molar-refractivity contribution is 0.507. The smallest absolute Gasteiger partial charge is 0.0687 e. The van der Waals surface area contributed by atoms with Crippen LogP contribution in [0.25, 0.3) is 0 Å². The molecule has 0 aromatic carbocycles. The summed E-state index contributed by atoms with van der Waals surface area (Å²) in [5.74, 6) is 2.74. The highest BCUT2D eigenvalue weighted by atomic mass is 15.3. The van der Waals surface area contributed by atoms with Crippen molar-refractivity contribution in [3.8, 4) is 12.3 Å². The van der Waals surface area contributed by atoms with Gasteiger partial charge in [-0.1, -0.05) is 19.3 Å². The van der Waals surface area contributed by atoms with Crippen LogP contribution in [-0.4, -0.2) is 22.4 Å². The molecule has 1 N–H and O–H groups in total. The van der Waals surface area contributed by atoms with E-state index in [9.17, 15) is 0 Å². The Morgan fingerprint density at radius 2 is 2.50 bits per heavy atom. The predicted octanol–water partition coefficient (Wildman–Crippen LogP) is 1.27. The molecule has 0 aliphatic heterocycles. The molecule has 1 rings (SSSR count). The van der Waals surface area contributed by atoms with E-state index in [1.807, 2.05) is 16.9 Å². The van der Waals surface area contributed by atoms with E-state index in [4.69, 9.17) is 6.42 Å². The van der Waals surface area contributed by atoms with Gasteiger partial charge in [-0.2, -0.15) is 5.10 Å². The SMILES string of the molecule is C#CC(CCC)NCCn1cccn1. The van der Waals surface area contributed by atoms with E-state index in [-0.39, 0.29) is 6.04 Å². The Morgan fingerprint density at radius 3 is 3.07 bits per heavy atom. The van der Waals surface area contributed by atoms with Crippen molar-refractivity contribution in [3.05, 3.63) is 18.5 Å². The van der Waals surface area contributed by atoms with E-state index < -0.39 is 0 Å². The second-order valence-corrected chi connectivity index (χ2v) is 3.23. The Kier molecular flexibility index (Phi) is 4.81. The zero-order valence-electron chi connectivity index (χ0n) is 8.61. The summed E-state index contributed by atoms with van der Waals surface area (Å²) in [6.45, 7) is 3.88. The van der Waals surface area contributed by atoms with Crippen LogP contribution < -0.4 is 5.32 Å². The molecule has 1 aromatic rings. The number of rotatable bonds is 6. The molecule has 0 fully saturated rings. The Bertz CT molecular complexity index is 271. The maximum atomic E-state index is 5.38. The third kappa shape index (κ3) is 3.63. The van der Waals surface area contributed by atoms with Gasteiger partial charge in [0.15, 0.2) is 0 Å². The highest BCUT2D eigenvalue weighted by Crippen LogP contribution is 1.94. The highest BCUT2D eigenvalue weighted by molar-refractivity contribution is 4.98. The summed E-state index contributed by atoms with van der Waals surface area (Å²) in [4.78, 5) is 0. The average molecular weight is 191 g/mol. The third-order valence-corrected chi connectivity index (χ3v) is 2.07. The first kappa shape index (κ1) is 10.8. The number of hydrogen-bond donors (Lipinski definition) is 1. The topological polar surface area (TPSA) is 29.9 Å². The molecular weight excluding hydrogens is 174 g/mol. The van der Waals surface area contributed by atoms with Gasteiger partial charge < -0.3 is 5.32 Å². The fraction of sp³-hybridized carbons (Fsp3) is 0.545. The lowest BCUT2D eigenvalue weighted by Gasteiger charge is -2.11. The van der Waals surface area contributed by atoms with E-state index in [1.165, 1.54) is 0 Å². The molecule has 0 amide bonds. The fourth-order valence-corrected chi connectivity index (χ4v) is 1.32. The van der Waals surface area contributed by atoms with Crippen molar-refractivity contribution in [3.63, 3.8) is 0 Å². The maximum absolute atomic E-state index is 5.38. The van der Waals surface area contributed by atoms with Gasteiger partial charge in [0.25, 0.3) is 0 Å². The minimum atomic E-state index is 0.204. The minimum Gasteiger partial charge on any atom is -0.302 e. The molecule has 76 valence electrons. The van der Waals surface area contributed by atoms with Crippen molar-refractivity contribution in [1.82, 2.24) is 15.1 Å². The molecule has 0 aliphatic rings. The number of nitrogens with zero attached hydrogens (tertiary/aromatic N) is 2. The van der Waals surface area contributed by atoms with E-state index >= 15 is 0 Å². The van der Waals surface area contributed by atoms with Gasteiger partial charge in [0.2, 0.25) is 0 Å². The zero-order valence-corrected chi connectivity index (χ0v) is 8.61. The van der Waals surface area contributed by atoms with Crippen LogP contribution >= 0.6 is 0 Å². The summed E-state index contributed by atoms with van der Waals surface area (Å²) in [6, 6.07) is 2.13. The van der Waals surface area contributed by atoms with Crippen molar-refractivity contribution >= 4 is 0 Å². The Hall–Kier alpha value is -1.27. The first-order chi connectivity index (χ1) is 6.86. The zero-order chi connectivity index (χ0) is 10.2. The van der Waals surface area contributed by atoms with Crippen LogP contribution in [0.2, 0.25) is 0 Å². The van der Waals surface area contributed by atoms with E-state index in [1.54, 1.807) is 6.20 Å². The molecular formula is C11H17N3. The maximum Gasteiger partial charge on any atom is 0.0687 e. The van der Waals surface area contributed by atoms with Gasteiger partial charge in [0.1, 0.15) is 0 Å². The largest absolute Gasteiger partial charge is 0.302 e. The molecule has 1 heterocycles. The summed E-state index contributed by atoms with van der Waals surface area (Å²) in [7, 11) is 0. The van der Waals surface area contributed by atoms with Gasteiger partial charge in [-0.05, 0) is 12.5 Å². The third-order valence-electron chi connectivity index (χ3n) is 2.07. The van der Waals surface area contributed by atoms with Gasteiger partial charge in [0, 0.05) is 18.9 Å². The molecule has 1 atom stereocenters. The number of hydrogen-bond acceptors (Lipinski definition) is 2. The van der Waals surface area contributed by atoms with Crippen LogP contribution in [-0.2, 0) is 6.54 Å². The Labute approximate surface area is 85.5 Å². The first-order valence-corrected chi connectivity index (χ1v) is 5.03. The van der Waals surface area contributed by atoms with Crippen LogP contribution in [0.1, 0.15) is 19.8 Å². The van der Waals surface area contributed by atoms with Gasteiger partial charge in [-0.3, -0.25) is 4.68 Å².